The molecule has 1 saturated heterocycles. The van der Waals surface area contributed by atoms with Crippen LogP contribution in [0, 0.1) is 6.92 Å². The Morgan fingerprint density at radius 2 is 2.45 bits per heavy atom. The first-order valence-electron chi connectivity index (χ1n) is 6.38. The van der Waals surface area contributed by atoms with Crippen molar-refractivity contribution in [2.24, 2.45) is 5.11 Å². The third-order valence-electron chi connectivity index (χ3n) is 3.25. The zero-order valence-corrected chi connectivity index (χ0v) is 11.5. The van der Waals surface area contributed by atoms with Crippen molar-refractivity contribution in [1.82, 2.24) is 9.55 Å². The van der Waals surface area contributed by atoms with Crippen LogP contribution < -0.4 is 11.2 Å². The number of halogens is 1. The number of hydrogen-bond acceptors (Lipinski definition) is 6. The molecule has 2 N–H and O–H groups in total. The number of H-pyrrole nitrogens is 1. The Labute approximate surface area is 122 Å². The quantitative estimate of drug-likeness (QED) is 0.342. The van der Waals surface area contributed by atoms with Crippen LogP contribution in [0.5, 0.6) is 0 Å². The number of nitrogens with one attached hydrogen (secondary N) is 1. The van der Waals surface area contributed by atoms with E-state index in [1.807, 2.05) is 0 Å². The Morgan fingerprint density at radius 1 is 1.73 bits per heavy atom. The monoisotopic (exact) mass is 315 g/mol. The number of alkyl halides is 1. The van der Waals surface area contributed by atoms with Crippen molar-refractivity contribution < 1.29 is 19.0 Å². The highest BCUT2D eigenvalue weighted by Crippen LogP contribution is 2.30. The summed E-state index contributed by atoms with van der Waals surface area (Å²) in [5, 5.41) is 12.0. The number of aromatic amines is 1. The highest BCUT2D eigenvalue weighted by atomic mass is 19.1. The first-order valence-corrected chi connectivity index (χ1v) is 6.38. The third kappa shape index (κ3) is 3.34. The van der Waals surface area contributed by atoms with Crippen LogP contribution >= 0.6 is 0 Å². The van der Waals surface area contributed by atoms with E-state index < -0.39 is 42.8 Å². The van der Waals surface area contributed by atoms with Crippen molar-refractivity contribution in [3.63, 3.8) is 0 Å². The van der Waals surface area contributed by atoms with Gasteiger partial charge in [-0.15, -0.1) is 0 Å². The molecule has 0 bridgehead atoms. The van der Waals surface area contributed by atoms with Crippen molar-refractivity contribution in [3.05, 3.63) is 43.0 Å². The minimum absolute atomic E-state index is 0.0397. The lowest BCUT2D eigenvalue weighted by molar-refractivity contribution is -0.117. The Morgan fingerprint density at radius 3 is 3.09 bits per heavy atom. The molecule has 11 heteroatoms. The fraction of sp³-hybridized carbons (Fsp3) is 0.636. The highest BCUT2D eigenvalue weighted by Gasteiger charge is 2.38. The second-order valence-corrected chi connectivity index (χ2v) is 4.70. The Hall–Kier alpha value is -2.20. The molecule has 2 rings (SSSR count). The van der Waals surface area contributed by atoms with E-state index in [-0.39, 0.29) is 6.42 Å². The lowest BCUT2D eigenvalue weighted by atomic mass is 10.2. The van der Waals surface area contributed by atoms with Crippen molar-refractivity contribution in [2.45, 2.75) is 38.3 Å². The molecule has 0 aromatic carbocycles. The van der Waals surface area contributed by atoms with Crippen LogP contribution in [0.1, 0.15) is 18.2 Å². The van der Waals surface area contributed by atoms with Crippen LogP contribution in [0.2, 0.25) is 0 Å². The molecule has 2 unspecified atom stereocenters. The Kier molecular flexibility index (Phi) is 4.93. The van der Waals surface area contributed by atoms with Gasteiger partial charge in [-0.2, -0.15) is 0 Å². The summed E-state index contributed by atoms with van der Waals surface area (Å²) in [6.45, 7) is -1.18. The summed E-state index contributed by atoms with van der Waals surface area (Å²) in [7, 11) is 0. The molecule has 22 heavy (non-hydrogen) atoms. The molecule has 4 atom stereocenters. The van der Waals surface area contributed by atoms with Gasteiger partial charge in [-0.1, -0.05) is 0 Å². The number of rotatable bonds is 5. The maximum absolute atomic E-state index is 13.2. The molecule has 2 heterocycles. The maximum Gasteiger partial charge on any atom is 0.330 e. The van der Waals surface area contributed by atoms with Gasteiger partial charge in [0.25, 0.3) is 12.0 Å². The molecule has 1 aromatic heterocycles. The third-order valence-corrected chi connectivity index (χ3v) is 3.25. The molecule has 1 aliphatic rings. The fourth-order valence-electron chi connectivity index (χ4n) is 2.19. The van der Waals surface area contributed by atoms with Gasteiger partial charge in [0.15, 0.2) is 0 Å². The summed E-state index contributed by atoms with van der Waals surface area (Å²) in [4.78, 5) is 27.5. The standard InChI is InChI=1S/C11H14FN5O5/c1-5-3-17(11(20)14-9(5)19)8-2-6(7(4-18)21-8)22-10(12)15-16-13/h3,6-8,10,18H,2,4H2,1H3,(H,14,19,20)/t6?,7-,8-,10?/m1/s1. The van der Waals surface area contributed by atoms with Crippen molar-refractivity contribution in [2.75, 3.05) is 6.61 Å². The molecule has 0 spiro atoms. The number of nitrogens with zero attached hydrogens (tertiary/aromatic N) is 4. The van der Waals surface area contributed by atoms with E-state index in [2.05, 4.69) is 15.0 Å². The lowest BCUT2D eigenvalue weighted by Gasteiger charge is -2.16. The number of hydrogen-bond donors (Lipinski definition) is 2. The van der Waals surface area contributed by atoms with Crippen molar-refractivity contribution in [1.29, 1.82) is 0 Å². The van der Waals surface area contributed by atoms with Crippen LogP contribution in [-0.2, 0) is 9.47 Å². The summed E-state index contributed by atoms with van der Waals surface area (Å²) >= 11 is 0. The molecule has 0 radical (unpaired) electrons. The first kappa shape index (κ1) is 16.2. The van der Waals surface area contributed by atoms with Gasteiger partial charge in [0.1, 0.15) is 12.3 Å². The van der Waals surface area contributed by atoms with Crippen LogP contribution in [-0.4, -0.2) is 40.0 Å². The Bertz CT molecular complexity index is 697. The number of ether oxygens (including phenoxy) is 2. The van der Waals surface area contributed by atoms with E-state index >= 15 is 0 Å². The zero-order valence-electron chi connectivity index (χ0n) is 11.5. The average Bonchev–Trinajstić information content (AvgIpc) is 2.85. The van der Waals surface area contributed by atoms with Gasteiger partial charge in [0.2, 0.25) is 0 Å². The molecule has 1 aliphatic heterocycles. The topological polar surface area (TPSA) is 142 Å². The molecule has 0 aliphatic carbocycles. The van der Waals surface area contributed by atoms with E-state index in [1.54, 1.807) is 0 Å². The normalized spacial score (nSPS) is 25.7. The molecular formula is C11H14FN5O5. The second kappa shape index (κ2) is 6.71. The zero-order chi connectivity index (χ0) is 16.3. The Balaban J connectivity index is 2.21. The maximum atomic E-state index is 13.2. The van der Waals surface area contributed by atoms with E-state index in [1.165, 1.54) is 13.1 Å². The minimum Gasteiger partial charge on any atom is -0.394 e. The van der Waals surface area contributed by atoms with Gasteiger partial charge in [0, 0.05) is 23.1 Å². The molecule has 120 valence electrons. The smallest absolute Gasteiger partial charge is 0.330 e. The largest absolute Gasteiger partial charge is 0.394 e. The predicted molar refractivity (Wildman–Crippen MR) is 70.6 cm³/mol. The molecule has 10 nitrogen and oxygen atoms in total. The van der Waals surface area contributed by atoms with Gasteiger partial charge in [0.05, 0.1) is 12.7 Å². The van der Waals surface area contributed by atoms with Crippen LogP contribution in [0.15, 0.2) is 20.9 Å². The van der Waals surface area contributed by atoms with Gasteiger partial charge < -0.3 is 14.6 Å². The molecule has 0 amide bonds. The van der Waals surface area contributed by atoms with Crippen LogP contribution in [0.3, 0.4) is 0 Å². The SMILES string of the molecule is Cc1cn([C@H]2CC(OC(F)N=[N+]=[N-])[C@@H](CO)O2)c(=O)[nH]c1=O. The highest BCUT2D eigenvalue weighted by molar-refractivity contribution is 5.02. The average molecular weight is 315 g/mol. The van der Waals surface area contributed by atoms with Gasteiger partial charge in [-0.25, -0.2) is 9.18 Å². The lowest BCUT2D eigenvalue weighted by Crippen LogP contribution is -2.33. The van der Waals surface area contributed by atoms with Crippen LogP contribution in [0.25, 0.3) is 10.4 Å². The van der Waals surface area contributed by atoms with E-state index in [0.717, 1.165) is 4.57 Å². The summed E-state index contributed by atoms with van der Waals surface area (Å²) in [6, 6.07) is 0. The second-order valence-electron chi connectivity index (χ2n) is 4.70. The summed E-state index contributed by atoms with van der Waals surface area (Å²) < 4.78 is 24.6. The summed E-state index contributed by atoms with van der Waals surface area (Å²) in [5.41, 5.74) is 7.23. The van der Waals surface area contributed by atoms with E-state index in [9.17, 15) is 19.1 Å². The number of azide groups is 1. The van der Waals surface area contributed by atoms with Gasteiger partial charge in [-0.05, 0) is 17.6 Å². The predicted octanol–water partition coefficient (Wildman–Crippen LogP) is 0.0734. The number of aliphatic hydroxyl groups is 1. The van der Waals surface area contributed by atoms with Gasteiger partial charge in [-0.3, -0.25) is 14.3 Å². The van der Waals surface area contributed by atoms with Gasteiger partial charge >= 0.3 is 5.69 Å². The number of aromatic nitrogens is 2. The van der Waals surface area contributed by atoms with Crippen molar-refractivity contribution >= 4 is 0 Å². The summed E-state index contributed by atoms with van der Waals surface area (Å²) in [6.07, 6.45) is -1.30. The number of aliphatic hydroxyl groups excluding tert-OH is 1. The molecular weight excluding hydrogens is 301 g/mol. The molecule has 1 aromatic rings. The van der Waals surface area contributed by atoms with E-state index in [0.29, 0.717) is 5.56 Å². The molecule has 1 fully saturated rings. The van der Waals surface area contributed by atoms with E-state index in [4.69, 9.17) is 15.0 Å². The first-order chi connectivity index (χ1) is 10.5. The van der Waals surface area contributed by atoms with Crippen molar-refractivity contribution in [3.8, 4) is 0 Å². The number of aryl methyl sites for hydroxylation is 1. The fourth-order valence-corrected chi connectivity index (χ4v) is 2.19. The van der Waals surface area contributed by atoms with Crippen LogP contribution in [0.4, 0.5) is 4.39 Å². The summed E-state index contributed by atoms with van der Waals surface area (Å²) in [5.74, 6) is 0. The molecule has 0 saturated carbocycles. The minimum atomic E-state index is -2.22.